The largest absolute Gasteiger partial charge is 0.416 e. The Labute approximate surface area is 80.8 Å². The second-order valence-corrected chi connectivity index (χ2v) is 2.89. The first-order chi connectivity index (χ1) is 6.86. The number of hydrogen-bond acceptors (Lipinski definition) is 4. The number of carbonyl (C=O) groups excluding carboxylic acids is 1. The maximum absolute atomic E-state index is 11.5. The lowest BCUT2D eigenvalue weighted by Gasteiger charge is -2.25. The fraction of sp³-hybridized carbons (Fsp3) is 0.500. The summed E-state index contributed by atoms with van der Waals surface area (Å²) in [6, 6.07) is 1.60. The number of morpholine rings is 1. The summed E-state index contributed by atoms with van der Waals surface area (Å²) < 4.78 is 10.1. The van der Waals surface area contributed by atoms with Crippen LogP contribution in [0.1, 0.15) is 0 Å². The highest BCUT2D eigenvalue weighted by Gasteiger charge is 2.18. The second kappa shape index (κ2) is 4.10. The Morgan fingerprint density at radius 1 is 1.57 bits per heavy atom. The maximum atomic E-state index is 11.5. The molecule has 2 heterocycles. The van der Waals surface area contributed by atoms with Crippen molar-refractivity contribution < 1.29 is 14.3 Å². The molecule has 1 fully saturated rings. The van der Waals surface area contributed by atoms with Crippen LogP contribution in [-0.2, 0) is 4.74 Å². The van der Waals surface area contributed by atoms with Gasteiger partial charge in [-0.2, -0.15) is 5.10 Å². The normalized spacial score (nSPS) is 16.7. The molecule has 0 atom stereocenters. The fourth-order valence-electron chi connectivity index (χ4n) is 1.20. The van der Waals surface area contributed by atoms with Gasteiger partial charge >= 0.3 is 6.09 Å². The standard InChI is InChI=1S/C8H11N3O3/c12-8(11-3-5-13-6-4-11)14-7-1-2-9-10-7/h1-2H,3-6H2,(H,9,10). The van der Waals surface area contributed by atoms with E-state index in [2.05, 4.69) is 10.2 Å². The first kappa shape index (κ1) is 9.01. The number of carbonyl (C=O) groups is 1. The van der Waals surface area contributed by atoms with Crippen LogP contribution >= 0.6 is 0 Å². The molecule has 14 heavy (non-hydrogen) atoms. The summed E-state index contributed by atoms with van der Waals surface area (Å²) in [6.45, 7) is 2.29. The Balaban J connectivity index is 1.88. The molecule has 1 aliphatic heterocycles. The monoisotopic (exact) mass is 197 g/mol. The minimum Gasteiger partial charge on any atom is -0.392 e. The van der Waals surface area contributed by atoms with Crippen LogP contribution in [0.15, 0.2) is 12.3 Å². The van der Waals surface area contributed by atoms with Crippen LogP contribution in [-0.4, -0.2) is 47.5 Å². The Morgan fingerprint density at radius 2 is 2.36 bits per heavy atom. The summed E-state index contributed by atoms with van der Waals surface area (Å²) in [4.78, 5) is 13.1. The zero-order valence-electron chi connectivity index (χ0n) is 7.60. The van der Waals surface area contributed by atoms with Gasteiger partial charge in [-0.05, 0) is 0 Å². The number of nitrogens with one attached hydrogen (secondary N) is 1. The predicted octanol–water partition coefficient (Wildman–Crippen LogP) is 0.241. The maximum Gasteiger partial charge on any atom is 0.416 e. The van der Waals surface area contributed by atoms with Crippen LogP contribution < -0.4 is 4.74 Å². The van der Waals surface area contributed by atoms with Gasteiger partial charge in [-0.1, -0.05) is 0 Å². The van der Waals surface area contributed by atoms with E-state index in [4.69, 9.17) is 9.47 Å². The van der Waals surface area contributed by atoms with Crippen LogP contribution in [0.2, 0.25) is 0 Å². The van der Waals surface area contributed by atoms with E-state index in [9.17, 15) is 4.79 Å². The van der Waals surface area contributed by atoms with E-state index in [1.807, 2.05) is 0 Å². The number of amides is 1. The minimum absolute atomic E-state index is 0.362. The van der Waals surface area contributed by atoms with E-state index in [-0.39, 0.29) is 6.09 Å². The number of aromatic amines is 1. The number of H-pyrrole nitrogens is 1. The molecule has 0 bridgehead atoms. The molecule has 1 N–H and O–H groups in total. The topological polar surface area (TPSA) is 67.5 Å². The van der Waals surface area contributed by atoms with Crippen LogP contribution in [0.5, 0.6) is 5.88 Å². The molecule has 1 aromatic rings. The molecule has 0 aromatic carbocycles. The molecule has 0 aliphatic carbocycles. The molecule has 1 aliphatic rings. The highest BCUT2D eigenvalue weighted by molar-refractivity contribution is 5.70. The summed E-state index contributed by atoms with van der Waals surface area (Å²) in [5.74, 6) is 0.362. The highest BCUT2D eigenvalue weighted by Crippen LogP contribution is 2.06. The first-order valence-corrected chi connectivity index (χ1v) is 4.40. The zero-order valence-corrected chi connectivity index (χ0v) is 7.60. The van der Waals surface area contributed by atoms with E-state index < -0.39 is 0 Å². The van der Waals surface area contributed by atoms with Crippen molar-refractivity contribution in [2.75, 3.05) is 26.3 Å². The molecule has 2 rings (SSSR count). The third-order valence-corrected chi connectivity index (χ3v) is 1.94. The fourth-order valence-corrected chi connectivity index (χ4v) is 1.20. The summed E-state index contributed by atoms with van der Waals surface area (Å²) in [5, 5.41) is 6.23. The van der Waals surface area contributed by atoms with Crippen LogP contribution in [0.25, 0.3) is 0 Å². The molecular formula is C8H11N3O3. The number of hydrogen-bond donors (Lipinski definition) is 1. The SMILES string of the molecule is O=C(Oc1ccn[nH]1)N1CCOCC1. The van der Waals surface area contributed by atoms with Crippen LogP contribution in [0.4, 0.5) is 4.79 Å². The van der Waals surface area contributed by atoms with Crippen molar-refractivity contribution >= 4 is 6.09 Å². The van der Waals surface area contributed by atoms with Crippen molar-refractivity contribution in [2.24, 2.45) is 0 Å². The van der Waals surface area contributed by atoms with Crippen molar-refractivity contribution in [1.29, 1.82) is 0 Å². The van der Waals surface area contributed by atoms with Crippen molar-refractivity contribution in [2.45, 2.75) is 0 Å². The quantitative estimate of drug-likeness (QED) is 0.700. The van der Waals surface area contributed by atoms with E-state index >= 15 is 0 Å². The van der Waals surface area contributed by atoms with Gasteiger partial charge in [-0.15, -0.1) is 0 Å². The van der Waals surface area contributed by atoms with Gasteiger partial charge in [0.25, 0.3) is 0 Å². The van der Waals surface area contributed by atoms with Gasteiger partial charge in [0.2, 0.25) is 5.88 Å². The molecular weight excluding hydrogens is 186 g/mol. The molecule has 0 unspecified atom stereocenters. The smallest absolute Gasteiger partial charge is 0.392 e. The lowest BCUT2D eigenvalue weighted by Crippen LogP contribution is -2.42. The molecule has 1 saturated heterocycles. The average molecular weight is 197 g/mol. The minimum atomic E-state index is -0.363. The molecule has 6 nitrogen and oxygen atoms in total. The van der Waals surface area contributed by atoms with Crippen molar-refractivity contribution in [3.8, 4) is 5.88 Å². The molecule has 0 spiro atoms. The molecule has 1 aromatic heterocycles. The average Bonchev–Trinajstić information content (AvgIpc) is 2.72. The van der Waals surface area contributed by atoms with Crippen LogP contribution in [0.3, 0.4) is 0 Å². The van der Waals surface area contributed by atoms with Gasteiger partial charge in [0.05, 0.1) is 19.4 Å². The second-order valence-electron chi connectivity index (χ2n) is 2.89. The van der Waals surface area contributed by atoms with Gasteiger partial charge in [0.15, 0.2) is 0 Å². The molecule has 0 saturated carbocycles. The lowest BCUT2D eigenvalue weighted by molar-refractivity contribution is 0.0412. The van der Waals surface area contributed by atoms with Gasteiger partial charge in [0.1, 0.15) is 0 Å². The Kier molecular flexibility index (Phi) is 2.64. The molecule has 76 valence electrons. The summed E-state index contributed by atoms with van der Waals surface area (Å²) in [6.07, 6.45) is 1.17. The van der Waals surface area contributed by atoms with E-state index in [1.165, 1.54) is 6.20 Å². The molecule has 0 radical (unpaired) electrons. The van der Waals surface area contributed by atoms with Crippen molar-refractivity contribution in [1.82, 2.24) is 15.1 Å². The van der Waals surface area contributed by atoms with E-state index in [0.29, 0.717) is 32.2 Å². The zero-order chi connectivity index (χ0) is 9.80. The third-order valence-electron chi connectivity index (χ3n) is 1.94. The highest BCUT2D eigenvalue weighted by atomic mass is 16.6. The Hall–Kier alpha value is -1.56. The number of aromatic nitrogens is 2. The number of rotatable bonds is 1. The number of nitrogens with zero attached hydrogens (tertiary/aromatic N) is 2. The third kappa shape index (κ3) is 2.02. The van der Waals surface area contributed by atoms with Gasteiger partial charge in [-0.3, -0.25) is 0 Å². The van der Waals surface area contributed by atoms with Crippen molar-refractivity contribution in [3.63, 3.8) is 0 Å². The Bertz CT molecular complexity index is 293. The Morgan fingerprint density at radius 3 is 3.00 bits per heavy atom. The lowest BCUT2D eigenvalue weighted by atomic mass is 10.5. The molecule has 6 heteroatoms. The summed E-state index contributed by atoms with van der Waals surface area (Å²) in [7, 11) is 0. The van der Waals surface area contributed by atoms with E-state index in [0.717, 1.165) is 0 Å². The van der Waals surface area contributed by atoms with Crippen LogP contribution in [0, 0.1) is 0 Å². The van der Waals surface area contributed by atoms with E-state index in [1.54, 1.807) is 11.0 Å². The van der Waals surface area contributed by atoms with Crippen molar-refractivity contribution in [3.05, 3.63) is 12.3 Å². The molecule has 1 amide bonds. The summed E-state index contributed by atoms with van der Waals surface area (Å²) in [5.41, 5.74) is 0. The van der Waals surface area contributed by atoms with Gasteiger partial charge in [0, 0.05) is 19.2 Å². The number of ether oxygens (including phenoxy) is 2. The van der Waals surface area contributed by atoms with Gasteiger partial charge in [-0.25, -0.2) is 9.89 Å². The summed E-state index contributed by atoms with van der Waals surface area (Å²) >= 11 is 0. The first-order valence-electron chi connectivity index (χ1n) is 4.40. The van der Waals surface area contributed by atoms with Gasteiger partial charge < -0.3 is 14.4 Å². The predicted molar refractivity (Wildman–Crippen MR) is 47.0 cm³/mol.